The van der Waals surface area contributed by atoms with Crippen LogP contribution < -0.4 is 4.74 Å². The average Bonchev–Trinajstić information content (AvgIpc) is 2.65. The normalized spacial score (nSPS) is 16.4. The Morgan fingerprint density at radius 2 is 1.63 bits per heavy atom. The van der Waals surface area contributed by atoms with Gasteiger partial charge in [-0.3, -0.25) is 4.90 Å². The van der Waals surface area contributed by atoms with Gasteiger partial charge in [-0.05, 0) is 55.7 Å². The predicted octanol–water partition coefficient (Wildman–Crippen LogP) is 3.13. The van der Waals surface area contributed by atoms with E-state index in [4.69, 9.17) is 4.74 Å². The number of nitrogens with zero attached hydrogens (tertiary/aromatic N) is 2. The SMILES string of the molecule is COc1ccc(S(=O)(=O)N2CCN(Cc3cc(C)ccc3C)CC2)cc1C. The quantitative estimate of drug-likeness (QED) is 0.790. The second kappa shape index (κ2) is 8.00. The molecule has 1 fully saturated rings. The van der Waals surface area contributed by atoms with Crippen LogP contribution in [-0.4, -0.2) is 50.9 Å². The highest BCUT2D eigenvalue weighted by Crippen LogP contribution is 2.25. The topological polar surface area (TPSA) is 49.9 Å². The Morgan fingerprint density at radius 1 is 0.926 bits per heavy atom. The van der Waals surface area contributed by atoms with Gasteiger partial charge in [-0.1, -0.05) is 23.8 Å². The maximum atomic E-state index is 13.0. The minimum Gasteiger partial charge on any atom is -0.496 e. The first kappa shape index (κ1) is 19.9. The van der Waals surface area contributed by atoms with Crippen LogP contribution in [-0.2, 0) is 16.6 Å². The van der Waals surface area contributed by atoms with Gasteiger partial charge in [0, 0.05) is 32.7 Å². The van der Waals surface area contributed by atoms with Gasteiger partial charge in [0.2, 0.25) is 10.0 Å². The molecule has 146 valence electrons. The predicted molar refractivity (Wildman–Crippen MR) is 108 cm³/mol. The Labute approximate surface area is 162 Å². The Balaban J connectivity index is 1.67. The van der Waals surface area contributed by atoms with Crippen LogP contribution in [0.25, 0.3) is 0 Å². The monoisotopic (exact) mass is 388 g/mol. The maximum absolute atomic E-state index is 13.0. The van der Waals surface area contributed by atoms with Gasteiger partial charge in [0.1, 0.15) is 5.75 Å². The fraction of sp³-hybridized carbons (Fsp3) is 0.429. The number of rotatable bonds is 5. The minimum atomic E-state index is -3.47. The molecular formula is C21H28N2O3S. The van der Waals surface area contributed by atoms with E-state index in [0.29, 0.717) is 23.7 Å². The molecule has 0 atom stereocenters. The highest BCUT2D eigenvalue weighted by Gasteiger charge is 2.29. The molecule has 1 aliphatic rings. The number of methoxy groups -OCH3 is 1. The average molecular weight is 389 g/mol. The fourth-order valence-corrected chi connectivity index (χ4v) is 5.01. The molecule has 0 saturated carbocycles. The molecule has 1 saturated heterocycles. The number of hydrogen-bond donors (Lipinski definition) is 0. The second-order valence-electron chi connectivity index (χ2n) is 7.24. The number of piperazine rings is 1. The smallest absolute Gasteiger partial charge is 0.243 e. The lowest BCUT2D eigenvalue weighted by Crippen LogP contribution is -2.48. The lowest BCUT2D eigenvalue weighted by atomic mass is 10.1. The summed E-state index contributed by atoms with van der Waals surface area (Å²) in [6.07, 6.45) is 0. The highest BCUT2D eigenvalue weighted by molar-refractivity contribution is 7.89. The van der Waals surface area contributed by atoms with Crippen LogP contribution in [0.3, 0.4) is 0 Å². The van der Waals surface area contributed by atoms with Gasteiger partial charge in [0.25, 0.3) is 0 Å². The zero-order valence-electron chi connectivity index (χ0n) is 16.5. The molecule has 0 N–H and O–H groups in total. The third kappa shape index (κ3) is 4.34. The molecule has 0 aliphatic carbocycles. The van der Waals surface area contributed by atoms with Crippen molar-refractivity contribution < 1.29 is 13.2 Å². The van der Waals surface area contributed by atoms with Gasteiger partial charge in [-0.2, -0.15) is 4.31 Å². The molecule has 5 nitrogen and oxygen atoms in total. The summed E-state index contributed by atoms with van der Waals surface area (Å²) in [6, 6.07) is 11.5. The second-order valence-corrected chi connectivity index (χ2v) is 9.18. The molecule has 0 bridgehead atoms. The first-order valence-electron chi connectivity index (χ1n) is 9.24. The van der Waals surface area contributed by atoms with Crippen molar-refractivity contribution in [3.8, 4) is 5.75 Å². The molecule has 0 spiro atoms. The summed E-state index contributed by atoms with van der Waals surface area (Å²) in [5.74, 6) is 0.701. The molecule has 0 amide bonds. The van der Waals surface area contributed by atoms with Gasteiger partial charge in [-0.15, -0.1) is 0 Å². The van der Waals surface area contributed by atoms with Crippen LogP contribution >= 0.6 is 0 Å². The summed E-state index contributed by atoms with van der Waals surface area (Å²) in [5.41, 5.74) is 4.68. The zero-order valence-corrected chi connectivity index (χ0v) is 17.3. The van der Waals surface area contributed by atoms with E-state index < -0.39 is 10.0 Å². The van der Waals surface area contributed by atoms with E-state index in [0.717, 1.165) is 25.2 Å². The van der Waals surface area contributed by atoms with Crippen molar-refractivity contribution in [3.05, 3.63) is 58.7 Å². The summed E-state index contributed by atoms with van der Waals surface area (Å²) in [6.45, 7) is 9.45. The Bertz CT molecular complexity index is 917. The van der Waals surface area contributed by atoms with E-state index >= 15 is 0 Å². The molecule has 27 heavy (non-hydrogen) atoms. The Hall–Kier alpha value is -1.89. The van der Waals surface area contributed by atoms with Crippen LogP contribution in [0.1, 0.15) is 22.3 Å². The van der Waals surface area contributed by atoms with Gasteiger partial charge in [0.15, 0.2) is 0 Å². The molecule has 0 aromatic heterocycles. The van der Waals surface area contributed by atoms with Crippen molar-refractivity contribution in [1.82, 2.24) is 9.21 Å². The van der Waals surface area contributed by atoms with Gasteiger partial charge >= 0.3 is 0 Å². The lowest BCUT2D eigenvalue weighted by Gasteiger charge is -2.34. The number of benzene rings is 2. The van der Waals surface area contributed by atoms with Crippen LogP contribution in [0.2, 0.25) is 0 Å². The van der Waals surface area contributed by atoms with Crippen LogP contribution in [0.4, 0.5) is 0 Å². The lowest BCUT2D eigenvalue weighted by molar-refractivity contribution is 0.181. The van der Waals surface area contributed by atoms with Gasteiger partial charge in [-0.25, -0.2) is 8.42 Å². The summed E-state index contributed by atoms with van der Waals surface area (Å²) in [4.78, 5) is 2.66. The van der Waals surface area contributed by atoms with E-state index in [-0.39, 0.29) is 0 Å². The summed E-state index contributed by atoms with van der Waals surface area (Å²) < 4.78 is 32.8. The van der Waals surface area contributed by atoms with Crippen molar-refractivity contribution in [1.29, 1.82) is 0 Å². The summed E-state index contributed by atoms with van der Waals surface area (Å²) in [7, 11) is -1.88. The van der Waals surface area contributed by atoms with E-state index in [1.165, 1.54) is 16.7 Å². The molecule has 3 rings (SSSR count). The fourth-order valence-electron chi connectivity index (χ4n) is 3.50. The van der Waals surface area contributed by atoms with Gasteiger partial charge < -0.3 is 4.74 Å². The van der Waals surface area contributed by atoms with Crippen molar-refractivity contribution in [3.63, 3.8) is 0 Å². The van der Waals surface area contributed by atoms with Crippen LogP contribution in [0.5, 0.6) is 5.75 Å². The molecule has 6 heteroatoms. The molecule has 0 unspecified atom stereocenters. The van der Waals surface area contributed by atoms with E-state index in [1.807, 2.05) is 6.92 Å². The van der Waals surface area contributed by atoms with E-state index in [2.05, 4.69) is 36.9 Å². The number of ether oxygens (including phenoxy) is 1. The number of hydrogen-bond acceptors (Lipinski definition) is 4. The molecule has 1 heterocycles. The molecule has 2 aromatic rings. The van der Waals surface area contributed by atoms with Gasteiger partial charge in [0.05, 0.1) is 12.0 Å². The number of aryl methyl sites for hydroxylation is 3. The first-order valence-corrected chi connectivity index (χ1v) is 10.7. The molecule has 2 aromatic carbocycles. The first-order chi connectivity index (χ1) is 12.8. The third-order valence-electron chi connectivity index (χ3n) is 5.23. The molecular weight excluding hydrogens is 360 g/mol. The third-order valence-corrected chi connectivity index (χ3v) is 7.13. The zero-order chi connectivity index (χ0) is 19.6. The summed E-state index contributed by atoms with van der Waals surface area (Å²) in [5, 5.41) is 0. The standard InChI is InChI=1S/C21H28N2O3S/c1-16-5-6-17(2)19(13-16)15-22-9-11-23(12-10-22)27(24,25)20-7-8-21(26-4)18(3)14-20/h5-8,13-14H,9-12,15H2,1-4H3. The Kier molecular flexibility index (Phi) is 5.89. The van der Waals surface area contributed by atoms with E-state index in [9.17, 15) is 8.42 Å². The van der Waals surface area contributed by atoms with Crippen LogP contribution in [0.15, 0.2) is 41.3 Å². The molecule has 0 radical (unpaired) electrons. The minimum absolute atomic E-state index is 0.337. The summed E-state index contributed by atoms with van der Waals surface area (Å²) >= 11 is 0. The van der Waals surface area contributed by atoms with Crippen molar-refractivity contribution in [2.24, 2.45) is 0 Å². The molecule has 1 aliphatic heterocycles. The largest absolute Gasteiger partial charge is 0.496 e. The van der Waals surface area contributed by atoms with Crippen molar-refractivity contribution in [2.75, 3.05) is 33.3 Å². The maximum Gasteiger partial charge on any atom is 0.243 e. The van der Waals surface area contributed by atoms with Crippen molar-refractivity contribution in [2.45, 2.75) is 32.2 Å². The van der Waals surface area contributed by atoms with Crippen LogP contribution in [0, 0.1) is 20.8 Å². The number of sulfonamides is 1. The highest BCUT2D eigenvalue weighted by atomic mass is 32.2. The van der Waals surface area contributed by atoms with Crippen molar-refractivity contribution >= 4 is 10.0 Å². The van der Waals surface area contributed by atoms with E-state index in [1.54, 1.807) is 29.6 Å². The Morgan fingerprint density at radius 3 is 2.26 bits per heavy atom.